The molecule has 1 aliphatic heterocycles. The summed E-state index contributed by atoms with van der Waals surface area (Å²) in [7, 11) is 0. The predicted octanol–water partition coefficient (Wildman–Crippen LogP) is 4.50. The number of rotatable bonds is 4. The molecular formula is C17H11ClF2N4O3. The van der Waals surface area contributed by atoms with E-state index in [1.807, 2.05) is 0 Å². The minimum absolute atomic E-state index is 0.127. The first-order valence-corrected chi connectivity index (χ1v) is 7.98. The summed E-state index contributed by atoms with van der Waals surface area (Å²) in [5.41, 5.74) is 1.89. The average molecular weight is 393 g/mol. The van der Waals surface area contributed by atoms with Gasteiger partial charge in [-0.2, -0.15) is 0 Å². The van der Waals surface area contributed by atoms with Gasteiger partial charge < -0.3 is 19.2 Å². The van der Waals surface area contributed by atoms with E-state index in [-0.39, 0.29) is 16.5 Å². The molecule has 2 aromatic heterocycles. The number of aryl methyl sites for hydroxylation is 1. The molecule has 0 spiro atoms. The number of aromatic nitrogens is 3. The van der Waals surface area contributed by atoms with Gasteiger partial charge in [-0.05, 0) is 13.0 Å². The van der Waals surface area contributed by atoms with Crippen LogP contribution in [0.15, 0.2) is 41.9 Å². The second-order valence-corrected chi connectivity index (χ2v) is 6.01. The predicted molar refractivity (Wildman–Crippen MR) is 92.6 cm³/mol. The van der Waals surface area contributed by atoms with E-state index in [1.54, 1.807) is 6.92 Å². The number of halogens is 3. The lowest BCUT2D eigenvalue weighted by Crippen LogP contribution is -2.25. The van der Waals surface area contributed by atoms with Gasteiger partial charge in [0, 0.05) is 11.6 Å². The fourth-order valence-corrected chi connectivity index (χ4v) is 2.75. The van der Waals surface area contributed by atoms with Gasteiger partial charge in [-0.1, -0.05) is 18.2 Å². The van der Waals surface area contributed by atoms with Crippen LogP contribution >= 0.6 is 11.6 Å². The number of hydrogen-bond donors (Lipinski definition) is 1. The minimum Gasteiger partial charge on any atom is -0.442 e. The maximum atomic E-state index is 13.2. The standard InChI is InChI=1S/C17H11ClF2N4O3/c1-8-16(25-7-23-8)9(2)24-15-6-21-12(5-22-15)10-3-13-14(4-11(10)18)27-17(19,20)26-13/h3-7H,2H2,1H3,(H,22,24). The molecule has 0 saturated heterocycles. The van der Waals surface area contributed by atoms with Gasteiger partial charge in [-0.3, -0.25) is 4.98 Å². The molecule has 1 N–H and O–H groups in total. The number of fused-ring (bicyclic) bond motifs is 1. The van der Waals surface area contributed by atoms with Crippen molar-refractivity contribution in [3.8, 4) is 22.8 Å². The third-order valence-corrected chi connectivity index (χ3v) is 4.03. The highest BCUT2D eigenvalue weighted by Crippen LogP contribution is 2.45. The fourth-order valence-electron chi connectivity index (χ4n) is 2.50. The van der Waals surface area contributed by atoms with Gasteiger partial charge in [0.2, 0.25) is 0 Å². The lowest BCUT2D eigenvalue weighted by Gasteiger charge is -2.08. The molecular weight excluding hydrogens is 382 g/mol. The first-order valence-electron chi connectivity index (χ1n) is 7.60. The van der Waals surface area contributed by atoms with Crippen LogP contribution in [0.5, 0.6) is 11.5 Å². The number of hydrogen-bond acceptors (Lipinski definition) is 7. The summed E-state index contributed by atoms with van der Waals surface area (Å²) in [6.07, 6.45) is 0.479. The van der Waals surface area contributed by atoms with Crippen molar-refractivity contribution in [2.24, 2.45) is 0 Å². The maximum Gasteiger partial charge on any atom is 0.586 e. The van der Waals surface area contributed by atoms with E-state index >= 15 is 0 Å². The Hall–Kier alpha value is -3.20. The number of benzene rings is 1. The van der Waals surface area contributed by atoms with Crippen molar-refractivity contribution in [3.63, 3.8) is 0 Å². The first kappa shape index (κ1) is 17.2. The Morgan fingerprint density at radius 3 is 2.52 bits per heavy atom. The SMILES string of the molecule is C=C(Nc1cnc(-c2cc3c(cc2Cl)OC(F)(F)O3)cn1)c1ocnc1C. The Morgan fingerprint density at radius 1 is 1.15 bits per heavy atom. The molecule has 0 bridgehead atoms. The smallest absolute Gasteiger partial charge is 0.442 e. The van der Waals surface area contributed by atoms with E-state index in [9.17, 15) is 8.78 Å². The third-order valence-electron chi connectivity index (χ3n) is 3.72. The molecule has 138 valence electrons. The van der Waals surface area contributed by atoms with E-state index in [0.29, 0.717) is 34.2 Å². The molecule has 10 heteroatoms. The number of oxazole rings is 1. The number of nitrogens with one attached hydrogen (secondary N) is 1. The van der Waals surface area contributed by atoms with E-state index in [2.05, 4.69) is 36.3 Å². The summed E-state index contributed by atoms with van der Waals surface area (Å²) in [6, 6.07) is 2.57. The van der Waals surface area contributed by atoms with E-state index in [0.717, 1.165) is 0 Å². The Kier molecular flexibility index (Phi) is 3.96. The van der Waals surface area contributed by atoms with Crippen molar-refractivity contribution in [3.05, 3.63) is 54.0 Å². The number of anilines is 1. The van der Waals surface area contributed by atoms with Crippen molar-refractivity contribution in [2.75, 3.05) is 5.32 Å². The molecule has 4 rings (SSSR count). The summed E-state index contributed by atoms with van der Waals surface area (Å²) < 4.78 is 40.4. The zero-order chi connectivity index (χ0) is 19.2. The van der Waals surface area contributed by atoms with E-state index in [1.165, 1.54) is 30.9 Å². The van der Waals surface area contributed by atoms with E-state index in [4.69, 9.17) is 16.0 Å². The molecule has 0 amide bonds. The Bertz CT molecular complexity index is 1040. The van der Waals surface area contributed by atoms with Crippen LogP contribution in [0, 0.1) is 6.92 Å². The van der Waals surface area contributed by atoms with Crippen molar-refractivity contribution < 1.29 is 22.7 Å². The molecule has 1 aromatic carbocycles. The van der Waals surface area contributed by atoms with Gasteiger partial charge >= 0.3 is 6.29 Å². The van der Waals surface area contributed by atoms with Gasteiger partial charge in [0.1, 0.15) is 5.82 Å². The van der Waals surface area contributed by atoms with Crippen molar-refractivity contribution in [2.45, 2.75) is 13.2 Å². The molecule has 1 aliphatic rings. The lowest BCUT2D eigenvalue weighted by atomic mass is 10.1. The molecule has 27 heavy (non-hydrogen) atoms. The molecule has 0 saturated carbocycles. The Balaban J connectivity index is 1.57. The second-order valence-electron chi connectivity index (χ2n) is 5.60. The van der Waals surface area contributed by atoms with Crippen LogP contribution in [0.3, 0.4) is 0 Å². The van der Waals surface area contributed by atoms with E-state index < -0.39 is 6.29 Å². The third kappa shape index (κ3) is 3.28. The normalized spacial score (nSPS) is 14.2. The van der Waals surface area contributed by atoms with Crippen LogP contribution in [-0.2, 0) is 0 Å². The number of nitrogens with zero attached hydrogens (tertiary/aromatic N) is 3. The monoisotopic (exact) mass is 392 g/mol. The zero-order valence-electron chi connectivity index (χ0n) is 13.8. The van der Waals surface area contributed by atoms with Crippen molar-refractivity contribution >= 4 is 23.1 Å². The number of alkyl halides is 2. The van der Waals surface area contributed by atoms with Gasteiger partial charge in [0.25, 0.3) is 0 Å². The molecule has 7 nitrogen and oxygen atoms in total. The Morgan fingerprint density at radius 2 is 1.89 bits per heavy atom. The van der Waals surface area contributed by atoms with Crippen LogP contribution in [0.2, 0.25) is 5.02 Å². The van der Waals surface area contributed by atoms with Crippen LogP contribution in [0.4, 0.5) is 14.6 Å². The Labute approximate surface area is 156 Å². The molecule has 0 fully saturated rings. The quantitative estimate of drug-likeness (QED) is 0.700. The molecule has 0 aliphatic carbocycles. The zero-order valence-corrected chi connectivity index (χ0v) is 14.6. The molecule has 3 heterocycles. The maximum absolute atomic E-state index is 13.2. The summed E-state index contributed by atoms with van der Waals surface area (Å²) in [5, 5.41) is 3.13. The summed E-state index contributed by atoms with van der Waals surface area (Å²) in [6.45, 7) is 5.65. The van der Waals surface area contributed by atoms with Gasteiger partial charge in [0.15, 0.2) is 23.7 Å². The average Bonchev–Trinajstić information content (AvgIpc) is 3.16. The molecule has 0 atom stereocenters. The lowest BCUT2D eigenvalue weighted by molar-refractivity contribution is -0.286. The molecule has 0 unspecified atom stereocenters. The summed E-state index contributed by atoms with van der Waals surface area (Å²) >= 11 is 6.15. The fraction of sp³-hybridized carbons (Fsp3) is 0.118. The minimum atomic E-state index is -3.72. The highest BCUT2D eigenvalue weighted by atomic mass is 35.5. The number of ether oxygens (including phenoxy) is 2. The van der Waals surface area contributed by atoms with Crippen molar-refractivity contribution in [1.29, 1.82) is 0 Å². The van der Waals surface area contributed by atoms with Crippen LogP contribution in [-0.4, -0.2) is 21.2 Å². The van der Waals surface area contributed by atoms with Gasteiger partial charge in [0.05, 0.1) is 34.5 Å². The molecule has 0 radical (unpaired) electrons. The first-order chi connectivity index (χ1) is 12.8. The van der Waals surface area contributed by atoms with Crippen LogP contribution in [0.1, 0.15) is 11.5 Å². The van der Waals surface area contributed by atoms with Crippen LogP contribution < -0.4 is 14.8 Å². The van der Waals surface area contributed by atoms with Gasteiger partial charge in [-0.15, -0.1) is 8.78 Å². The highest BCUT2D eigenvalue weighted by molar-refractivity contribution is 6.33. The van der Waals surface area contributed by atoms with Crippen LogP contribution in [0.25, 0.3) is 17.0 Å². The second kappa shape index (κ2) is 6.20. The van der Waals surface area contributed by atoms with Gasteiger partial charge in [-0.25, -0.2) is 9.97 Å². The van der Waals surface area contributed by atoms with Crippen molar-refractivity contribution in [1.82, 2.24) is 15.0 Å². The summed E-state index contributed by atoms with van der Waals surface area (Å²) in [5.74, 6) is 0.639. The largest absolute Gasteiger partial charge is 0.586 e. The highest BCUT2D eigenvalue weighted by Gasteiger charge is 2.43. The topological polar surface area (TPSA) is 82.3 Å². The summed E-state index contributed by atoms with van der Waals surface area (Å²) in [4.78, 5) is 12.5. The molecule has 3 aromatic rings.